The number of alkyl halides is 3. The average Bonchev–Trinajstić information content (AvgIpc) is 2.96. The van der Waals surface area contributed by atoms with Gasteiger partial charge in [-0.05, 0) is 42.4 Å². The second-order valence-corrected chi connectivity index (χ2v) is 9.20. The first kappa shape index (κ1) is 28.6. The average molecular weight is 548 g/mol. The Labute approximate surface area is 230 Å². The normalized spacial score (nSPS) is 14.1. The molecule has 1 amide bonds. The number of rotatable bonds is 6. The first-order valence-electron chi connectivity index (χ1n) is 12.7. The summed E-state index contributed by atoms with van der Waals surface area (Å²) in [6.07, 6.45) is -1.64. The second kappa shape index (κ2) is 12.6. The van der Waals surface area contributed by atoms with Crippen molar-refractivity contribution in [1.82, 2.24) is 19.8 Å². The highest BCUT2D eigenvalue weighted by Crippen LogP contribution is 2.33. The number of hydrogen-bond acceptors (Lipinski definition) is 7. The van der Waals surface area contributed by atoms with Gasteiger partial charge in [0, 0.05) is 68.9 Å². The van der Waals surface area contributed by atoms with Crippen molar-refractivity contribution in [3.63, 3.8) is 0 Å². The number of carbonyl (C=O) groups excluding carboxylic acids is 1. The van der Waals surface area contributed by atoms with E-state index in [0.29, 0.717) is 35.6 Å². The maximum atomic E-state index is 13.9. The Morgan fingerprint density at radius 3 is 2.42 bits per heavy atom. The van der Waals surface area contributed by atoms with Crippen molar-refractivity contribution in [2.45, 2.75) is 19.6 Å². The van der Waals surface area contributed by atoms with Crippen LogP contribution in [0, 0.1) is 23.2 Å². The van der Waals surface area contributed by atoms with Gasteiger partial charge in [-0.1, -0.05) is 24.8 Å². The van der Waals surface area contributed by atoms with Crippen molar-refractivity contribution in [3.8, 4) is 17.9 Å². The van der Waals surface area contributed by atoms with E-state index in [1.807, 2.05) is 11.0 Å². The van der Waals surface area contributed by atoms with Gasteiger partial charge in [0.15, 0.2) is 0 Å². The zero-order chi connectivity index (χ0) is 28.7. The Morgan fingerprint density at radius 2 is 1.75 bits per heavy atom. The number of carbonyl (C=O) groups is 1. The molecule has 3 aromatic rings. The molecule has 0 radical (unpaired) electrons. The molecule has 0 spiro atoms. The smallest absolute Gasteiger partial charge is 0.372 e. The molecular weight excluding hydrogens is 519 g/mol. The predicted octanol–water partition coefficient (Wildman–Crippen LogP) is 4.20. The van der Waals surface area contributed by atoms with E-state index in [-0.39, 0.29) is 23.5 Å². The number of likely N-dealkylation sites (N-methyl/N-ethyl adjacent to an activating group) is 1. The molecule has 1 saturated heterocycles. The molecule has 1 aromatic carbocycles. The quantitative estimate of drug-likeness (QED) is 0.447. The fraction of sp³-hybridized carbons (Fsp3) is 0.310. The molecule has 0 aliphatic carbocycles. The lowest BCUT2D eigenvalue weighted by molar-refractivity contribution is -0.138. The lowest BCUT2D eigenvalue weighted by Crippen LogP contribution is -2.45. The van der Waals surface area contributed by atoms with Crippen LogP contribution in [-0.4, -0.2) is 65.4 Å². The maximum absolute atomic E-state index is 13.9. The zero-order valence-electron chi connectivity index (χ0n) is 22.1. The Bertz CT molecular complexity index is 1480. The molecule has 2 aromatic heterocycles. The number of nitrogens with one attached hydrogen (secondary N) is 2. The summed E-state index contributed by atoms with van der Waals surface area (Å²) in [5.74, 6) is 5.70. The van der Waals surface area contributed by atoms with Crippen LogP contribution < -0.4 is 10.6 Å². The van der Waals surface area contributed by atoms with Crippen molar-refractivity contribution in [1.29, 1.82) is 5.26 Å². The number of halogens is 3. The number of anilines is 2. The van der Waals surface area contributed by atoms with Crippen molar-refractivity contribution < 1.29 is 18.0 Å². The van der Waals surface area contributed by atoms with Crippen molar-refractivity contribution in [3.05, 3.63) is 82.2 Å². The molecule has 3 heterocycles. The SMILES string of the molecule is CCN1CCN(Cc2ccc(C(=O)Nc3cc(C#Cc4cnc(NC)c(C#N)c4)ccn3)cc2C(F)(F)F)CC1. The lowest BCUT2D eigenvalue weighted by atomic mass is 10.0. The van der Waals surface area contributed by atoms with Crippen molar-refractivity contribution >= 4 is 17.5 Å². The molecule has 1 aliphatic heterocycles. The number of benzene rings is 1. The fourth-order valence-electron chi connectivity index (χ4n) is 4.35. The molecule has 0 saturated carbocycles. The molecule has 40 heavy (non-hydrogen) atoms. The number of amides is 1. The van der Waals surface area contributed by atoms with Gasteiger partial charge in [-0.3, -0.25) is 9.69 Å². The molecule has 4 rings (SSSR count). The minimum atomic E-state index is -4.60. The second-order valence-electron chi connectivity index (χ2n) is 9.20. The number of nitrogens with zero attached hydrogens (tertiary/aromatic N) is 5. The van der Waals surface area contributed by atoms with Crippen LogP contribution >= 0.6 is 0 Å². The molecule has 2 N–H and O–H groups in total. The van der Waals surface area contributed by atoms with E-state index in [2.05, 4.69) is 44.3 Å². The summed E-state index contributed by atoms with van der Waals surface area (Å²) in [4.78, 5) is 25.4. The molecule has 1 fully saturated rings. The van der Waals surface area contributed by atoms with Gasteiger partial charge < -0.3 is 15.5 Å². The Morgan fingerprint density at radius 1 is 1.02 bits per heavy atom. The summed E-state index contributed by atoms with van der Waals surface area (Å²) >= 11 is 0. The third kappa shape index (κ3) is 7.14. The molecule has 0 atom stereocenters. The summed E-state index contributed by atoms with van der Waals surface area (Å²) in [5.41, 5.74) is 0.577. The summed E-state index contributed by atoms with van der Waals surface area (Å²) in [6, 6.07) is 10.5. The zero-order valence-corrected chi connectivity index (χ0v) is 22.1. The largest absolute Gasteiger partial charge is 0.416 e. The Balaban J connectivity index is 1.49. The number of piperazine rings is 1. The highest BCUT2D eigenvalue weighted by Gasteiger charge is 2.34. The monoisotopic (exact) mass is 547 g/mol. The molecular formula is C29H28F3N7O. The Kier molecular flexibility index (Phi) is 9.00. The molecule has 0 unspecified atom stereocenters. The number of pyridine rings is 2. The Hall–Kier alpha value is -4.45. The van der Waals surface area contributed by atoms with Crippen LogP contribution in [0.2, 0.25) is 0 Å². The van der Waals surface area contributed by atoms with Crippen LogP contribution in [0.15, 0.2) is 48.8 Å². The summed E-state index contributed by atoms with van der Waals surface area (Å²) in [7, 11) is 1.66. The molecule has 1 aliphatic rings. The van der Waals surface area contributed by atoms with E-state index < -0.39 is 17.6 Å². The summed E-state index contributed by atoms with van der Waals surface area (Å²) < 4.78 is 41.8. The molecule has 0 bridgehead atoms. The van der Waals surface area contributed by atoms with Crippen molar-refractivity contribution in [2.24, 2.45) is 0 Å². The van der Waals surface area contributed by atoms with E-state index in [4.69, 9.17) is 0 Å². The van der Waals surface area contributed by atoms with Crippen LogP contribution in [0.25, 0.3) is 0 Å². The topological polar surface area (TPSA) is 97.2 Å². The van der Waals surface area contributed by atoms with Gasteiger partial charge in [0.25, 0.3) is 5.91 Å². The van der Waals surface area contributed by atoms with E-state index in [9.17, 15) is 23.2 Å². The summed E-state index contributed by atoms with van der Waals surface area (Å²) in [6.45, 7) is 6.16. The van der Waals surface area contributed by atoms with Crippen LogP contribution in [-0.2, 0) is 12.7 Å². The first-order chi connectivity index (χ1) is 19.2. The van der Waals surface area contributed by atoms with E-state index in [1.165, 1.54) is 30.6 Å². The molecule has 11 heteroatoms. The van der Waals surface area contributed by atoms with Gasteiger partial charge in [-0.25, -0.2) is 9.97 Å². The molecule has 8 nitrogen and oxygen atoms in total. The number of nitriles is 1. The fourth-order valence-corrected chi connectivity index (χ4v) is 4.35. The van der Waals surface area contributed by atoms with Crippen LogP contribution in [0.3, 0.4) is 0 Å². The van der Waals surface area contributed by atoms with Gasteiger partial charge in [0.05, 0.1) is 11.1 Å². The van der Waals surface area contributed by atoms with Crippen LogP contribution in [0.5, 0.6) is 0 Å². The van der Waals surface area contributed by atoms with Crippen molar-refractivity contribution in [2.75, 3.05) is 50.4 Å². The minimum Gasteiger partial charge on any atom is -0.372 e. The molecule has 206 valence electrons. The maximum Gasteiger partial charge on any atom is 0.416 e. The van der Waals surface area contributed by atoms with Gasteiger partial charge >= 0.3 is 6.18 Å². The van der Waals surface area contributed by atoms with E-state index >= 15 is 0 Å². The van der Waals surface area contributed by atoms with Crippen LogP contribution in [0.1, 0.15) is 45.1 Å². The number of hydrogen-bond donors (Lipinski definition) is 2. The third-order valence-corrected chi connectivity index (χ3v) is 6.58. The number of aromatic nitrogens is 2. The highest BCUT2D eigenvalue weighted by atomic mass is 19.4. The lowest BCUT2D eigenvalue weighted by Gasteiger charge is -2.34. The summed E-state index contributed by atoms with van der Waals surface area (Å²) in [5, 5.41) is 14.6. The van der Waals surface area contributed by atoms with E-state index in [1.54, 1.807) is 19.2 Å². The standard InChI is InChI=1S/C29H28F3N7O/c1-3-38-10-12-39(13-11-38)19-23-7-6-22(16-25(23)29(30,31)32)28(40)37-26-15-20(8-9-35-26)4-5-21-14-24(17-33)27(34-2)36-18-21/h6-9,14-16,18H,3,10-13,19H2,1-2H3,(H,34,36)(H,35,37,40). The van der Waals surface area contributed by atoms with Crippen LogP contribution in [0.4, 0.5) is 24.8 Å². The third-order valence-electron chi connectivity index (χ3n) is 6.58. The van der Waals surface area contributed by atoms with Gasteiger partial charge in [0.2, 0.25) is 0 Å². The van der Waals surface area contributed by atoms with Gasteiger partial charge in [-0.15, -0.1) is 0 Å². The minimum absolute atomic E-state index is 0.120. The first-order valence-corrected chi connectivity index (χ1v) is 12.7. The van der Waals surface area contributed by atoms with E-state index in [0.717, 1.165) is 25.7 Å². The van der Waals surface area contributed by atoms with Gasteiger partial charge in [-0.2, -0.15) is 18.4 Å². The van der Waals surface area contributed by atoms with Gasteiger partial charge in [0.1, 0.15) is 17.7 Å². The highest BCUT2D eigenvalue weighted by molar-refractivity contribution is 6.04. The predicted molar refractivity (Wildman–Crippen MR) is 146 cm³/mol.